The Morgan fingerprint density at radius 3 is 2.16 bits per heavy atom. The number of nitrogens with two attached hydrogens (primary N) is 1. The van der Waals surface area contributed by atoms with Gasteiger partial charge in [-0.05, 0) is 25.7 Å². The Hall–Kier alpha value is -1.26. The Labute approximate surface area is 114 Å². The van der Waals surface area contributed by atoms with Crippen LogP contribution in [0.3, 0.4) is 0 Å². The first-order valence-electron chi connectivity index (χ1n) is 7.33. The normalized spacial score (nSPS) is 26.1. The number of nitrogens with one attached hydrogen (secondary N) is 1. The third-order valence-corrected chi connectivity index (χ3v) is 4.91. The predicted octanol–water partition coefficient (Wildman–Crippen LogP) is 2.13. The van der Waals surface area contributed by atoms with E-state index in [1.165, 1.54) is 6.42 Å². The van der Waals surface area contributed by atoms with E-state index >= 15 is 0 Å². The number of hydrogen-bond donors (Lipinski definition) is 3. The quantitative estimate of drug-likeness (QED) is 0.317. The average Bonchev–Trinajstić information content (AvgIpc) is 2.88. The second-order valence-electron chi connectivity index (χ2n) is 6.35. The van der Waals surface area contributed by atoms with Crippen molar-refractivity contribution in [3.63, 3.8) is 0 Å². The van der Waals surface area contributed by atoms with Crippen LogP contribution in [-0.2, 0) is 4.79 Å². The third kappa shape index (κ3) is 2.69. The molecule has 0 atom stereocenters. The van der Waals surface area contributed by atoms with Crippen molar-refractivity contribution in [1.82, 2.24) is 5.32 Å². The van der Waals surface area contributed by atoms with Gasteiger partial charge >= 0.3 is 0 Å². The van der Waals surface area contributed by atoms with Gasteiger partial charge < -0.3 is 16.3 Å². The second-order valence-corrected chi connectivity index (χ2v) is 6.35. The molecule has 0 heterocycles. The van der Waals surface area contributed by atoms with Gasteiger partial charge in [0, 0.05) is 5.41 Å². The molecule has 2 aliphatic carbocycles. The number of hydrogen-bond acceptors (Lipinski definition) is 3. The summed E-state index contributed by atoms with van der Waals surface area (Å²) in [6.07, 6.45) is 8.86. The SMILES string of the molecule is CC1(C(=O)NC2(C(N)=NO)CCCC2)CCCCC1. The molecule has 0 radical (unpaired) electrons. The van der Waals surface area contributed by atoms with Gasteiger partial charge in [0.15, 0.2) is 5.84 Å². The number of rotatable bonds is 3. The average molecular weight is 267 g/mol. The maximum Gasteiger partial charge on any atom is 0.226 e. The van der Waals surface area contributed by atoms with Crippen molar-refractivity contribution in [3.05, 3.63) is 0 Å². The monoisotopic (exact) mass is 267 g/mol. The molecule has 0 unspecified atom stereocenters. The molecule has 108 valence electrons. The van der Waals surface area contributed by atoms with Crippen LogP contribution in [0, 0.1) is 5.41 Å². The molecule has 4 N–H and O–H groups in total. The van der Waals surface area contributed by atoms with Gasteiger partial charge in [-0.1, -0.05) is 44.2 Å². The zero-order chi connectivity index (χ0) is 13.9. The number of amidine groups is 1. The first-order chi connectivity index (χ1) is 9.02. The van der Waals surface area contributed by atoms with Crippen LogP contribution in [0.4, 0.5) is 0 Å². The highest BCUT2D eigenvalue weighted by Crippen LogP contribution is 2.38. The number of carbonyl (C=O) groups excluding carboxylic acids is 1. The van der Waals surface area contributed by atoms with Crippen LogP contribution in [0.2, 0.25) is 0 Å². The molecule has 5 nitrogen and oxygen atoms in total. The Bertz CT molecular complexity index is 367. The van der Waals surface area contributed by atoms with Crippen LogP contribution < -0.4 is 11.1 Å². The van der Waals surface area contributed by atoms with Crippen molar-refractivity contribution >= 4 is 11.7 Å². The van der Waals surface area contributed by atoms with Gasteiger partial charge in [0.2, 0.25) is 5.91 Å². The van der Waals surface area contributed by atoms with Crippen LogP contribution in [0.1, 0.15) is 64.7 Å². The van der Waals surface area contributed by atoms with Crippen molar-refractivity contribution in [2.75, 3.05) is 0 Å². The largest absolute Gasteiger partial charge is 0.409 e. The summed E-state index contributed by atoms with van der Waals surface area (Å²) in [6, 6.07) is 0. The zero-order valence-corrected chi connectivity index (χ0v) is 11.7. The molecule has 0 aliphatic heterocycles. The van der Waals surface area contributed by atoms with Gasteiger partial charge in [-0.2, -0.15) is 0 Å². The molecule has 2 rings (SSSR count). The summed E-state index contributed by atoms with van der Waals surface area (Å²) in [7, 11) is 0. The minimum absolute atomic E-state index is 0.0701. The molecular weight excluding hydrogens is 242 g/mol. The molecule has 2 fully saturated rings. The van der Waals surface area contributed by atoms with E-state index in [4.69, 9.17) is 10.9 Å². The maximum atomic E-state index is 12.6. The smallest absolute Gasteiger partial charge is 0.226 e. The zero-order valence-electron chi connectivity index (χ0n) is 11.7. The summed E-state index contributed by atoms with van der Waals surface area (Å²) in [4.78, 5) is 12.6. The first-order valence-corrected chi connectivity index (χ1v) is 7.33. The van der Waals surface area contributed by atoms with Crippen molar-refractivity contribution < 1.29 is 10.0 Å². The van der Waals surface area contributed by atoms with E-state index in [2.05, 4.69) is 10.5 Å². The van der Waals surface area contributed by atoms with Crippen molar-refractivity contribution in [1.29, 1.82) is 0 Å². The van der Waals surface area contributed by atoms with Crippen molar-refractivity contribution in [2.24, 2.45) is 16.3 Å². The lowest BCUT2D eigenvalue weighted by molar-refractivity contribution is -0.133. The molecule has 0 bridgehead atoms. The van der Waals surface area contributed by atoms with Gasteiger partial charge in [0.25, 0.3) is 0 Å². The molecule has 0 spiro atoms. The molecule has 19 heavy (non-hydrogen) atoms. The number of carbonyl (C=O) groups is 1. The van der Waals surface area contributed by atoms with Crippen LogP contribution >= 0.6 is 0 Å². The lowest BCUT2D eigenvalue weighted by Gasteiger charge is -2.37. The summed E-state index contributed by atoms with van der Waals surface area (Å²) in [5.74, 6) is 0.221. The third-order valence-electron chi connectivity index (χ3n) is 4.91. The molecule has 0 aromatic heterocycles. The summed E-state index contributed by atoms with van der Waals surface area (Å²) in [5, 5.41) is 15.2. The lowest BCUT2D eigenvalue weighted by atomic mass is 9.74. The number of nitrogens with zero attached hydrogens (tertiary/aromatic N) is 1. The molecule has 0 aromatic carbocycles. The fourth-order valence-electron chi connectivity index (χ4n) is 3.45. The van der Waals surface area contributed by atoms with E-state index < -0.39 is 5.54 Å². The highest BCUT2D eigenvalue weighted by atomic mass is 16.4. The summed E-state index contributed by atoms with van der Waals surface area (Å²) in [6.45, 7) is 2.04. The molecule has 0 saturated heterocycles. The van der Waals surface area contributed by atoms with Crippen LogP contribution in [0.25, 0.3) is 0 Å². The van der Waals surface area contributed by atoms with E-state index in [1.54, 1.807) is 0 Å². The lowest BCUT2D eigenvalue weighted by Crippen LogP contribution is -2.58. The van der Waals surface area contributed by atoms with E-state index in [1.807, 2.05) is 6.92 Å². The molecule has 5 heteroatoms. The highest BCUT2D eigenvalue weighted by Gasteiger charge is 2.44. The fourth-order valence-corrected chi connectivity index (χ4v) is 3.45. The second kappa shape index (κ2) is 5.39. The van der Waals surface area contributed by atoms with E-state index in [0.717, 1.165) is 51.4 Å². The molecule has 2 saturated carbocycles. The van der Waals surface area contributed by atoms with E-state index in [-0.39, 0.29) is 17.2 Å². The van der Waals surface area contributed by atoms with Crippen LogP contribution in [-0.4, -0.2) is 22.5 Å². The number of oxime groups is 1. The molecular formula is C14H25N3O2. The van der Waals surface area contributed by atoms with E-state index in [9.17, 15) is 4.79 Å². The van der Waals surface area contributed by atoms with Gasteiger partial charge in [-0.3, -0.25) is 4.79 Å². The molecule has 0 aromatic rings. The van der Waals surface area contributed by atoms with Gasteiger partial charge in [-0.15, -0.1) is 0 Å². The van der Waals surface area contributed by atoms with Gasteiger partial charge in [0.1, 0.15) is 5.54 Å². The molecule has 2 aliphatic rings. The first kappa shape index (κ1) is 14.2. The molecule has 1 amide bonds. The Kier molecular flexibility index (Phi) is 4.02. The minimum atomic E-state index is -0.619. The van der Waals surface area contributed by atoms with Crippen LogP contribution in [0.5, 0.6) is 0 Å². The van der Waals surface area contributed by atoms with Crippen LogP contribution in [0.15, 0.2) is 5.16 Å². The van der Waals surface area contributed by atoms with E-state index in [0.29, 0.717) is 0 Å². The van der Waals surface area contributed by atoms with Crippen molar-refractivity contribution in [3.8, 4) is 0 Å². The minimum Gasteiger partial charge on any atom is -0.409 e. The topological polar surface area (TPSA) is 87.7 Å². The highest BCUT2D eigenvalue weighted by molar-refractivity contribution is 5.95. The Morgan fingerprint density at radius 2 is 1.63 bits per heavy atom. The summed E-state index contributed by atoms with van der Waals surface area (Å²) in [5.41, 5.74) is 4.91. The van der Waals surface area contributed by atoms with Gasteiger partial charge in [-0.25, -0.2) is 0 Å². The van der Waals surface area contributed by atoms with Crippen molar-refractivity contribution in [2.45, 2.75) is 70.3 Å². The maximum absolute atomic E-state index is 12.6. The standard InChI is InChI=1S/C14H25N3O2/c1-13(7-3-2-4-8-13)12(18)16-14(11(15)17-19)9-5-6-10-14/h19H,2-10H2,1H3,(H2,15,17)(H,16,18). The van der Waals surface area contributed by atoms with Gasteiger partial charge in [0.05, 0.1) is 0 Å². The Morgan fingerprint density at radius 1 is 1.11 bits per heavy atom. The summed E-state index contributed by atoms with van der Waals surface area (Å²) < 4.78 is 0. The summed E-state index contributed by atoms with van der Waals surface area (Å²) >= 11 is 0. The number of amides is 1. The Balaban J connectivity index is 2.11. The fraction of sp³-hybridized carbons (Fsp3) is 0.857. The predicted molar refractivity (Wildman–Crippen MR) is 73.9 cm³/mol.